The maximum Gasteiger partial charge on any atom is 0.306 e. The van der Waals surface area contributed by atoms with Crippen LogP contribution in [0.1, 0.15) is 42.6 Å². The van der Waals surface area contributed by atoms with Crippen LogP contribution in [0.2, 0.25) is 5.02 Å². The summed E-state index contributed by atoms with van der Waals surface area (Å²) < 4.78 is 5.12. The van der Waals surface area contributed by atoms with Crippen LogP contribution in [0, 0.1) is 0 Å². The van der Waals surface area contributed by atoms with E-state index in [0.717, 1.165) is 5.56 Å². The number of amides is 2. The minimum Gasteiger partial charge on any atom is -0.456 e. The van der Waals surface area contributed by atoms with Crippen LogP contribution in [0.25, 0.3) is 0 Å². The topological polar surface area (TPSA) is 75.7 Å². The van der Waals surface area contributed by atoms with E-state index in [1.54, 1.807) is 29.2 Å². The summed E-state index contributed by atoms with van der Waals surface area (Å²) in [6.07, 6.45) is 0.540. The van der Waals surface area contributed by atoms with Gasteiger partial charge < -0.3 is 15.0 Å². The molecule has 0 bridgehead atoms. The SMILES string of the molecule is CC(C)N(Cc1ccccc1)C(=O)COC(=O)CCCNC(=O)c1ccc(Cl)cc1. The van der Waals surface area contributed by atoms with Crippen molar-refractivity contribution in [1.29, 1.82) is 0 Å². The van der Waals surface area contributed by atoms with Crippen molar-refractivity contribution < 1.29 is 19.1 Å². The third-order valence-electron chi connectivity index (χ3n) is 4.45. The van der Waals surface area contributed by atoms with Crippen LogP contribution in [-0.4, -0.2) is 41.9 Å². The maximum absolute atomic E-state index is 12.5. The van der Waals surface area contributed by atoms with Crippen LogP contribution >= 0.6 is 11.6 Å². The van der Waals surface area contributed by atoms with E-state index in [2.05, 4.69) is 5.32 Å². The molecule has 0 radical (unpaired) electrons. The van der Waals surface area contributed by atoms with Crippen molar-refractivity contribution in [3.05, 3.63) is 70.7 Å². The van der Waals surface area contributed by atoms with Gasteiger partial charge in [0.15, 0.2) is 6.61 Å². The minimum atomic E-state index is -0.465. The maximum atomic E-state index is 12.5. The van der Waals surface area contributed by atoms with Crippen LogP contribution in [0.3, 0.4) is 0 Å². The molecule has 2 amide bonds. The lowest BCUT2D eigenvalue weighted by Gasteiger charge is -2.26. The summed E-state index contributed by atoms with van der Waals surface area (Å²) in [5.74, 6) is -0.936. The predicted molar refractivity (Wildman–Crippen MR) is 116 cm³/mol. The average Bonchev–Trinajstić information content (AvgIpc) is 2.74. The van der Waals surface area contributed by atoms with Crippen molar-refractivity contribution in [2.24, 2.45) is 0 Å². The quantitative estimate of drug-likeness (QED) is 0.459. The van der Waals surface area contributed by atoms with Gasteiger partial charge in [0.05, 0.1) is 0 Å². The Morgan fingerprint density at radius 2 is 1.70 bits per heavy atom. The zero-order valence-electron chi connectivity index (χ0n) is 17.3. The normalized spacial score (nSPS) is 10.5. The number of carbonyl (C=O) groups excluding carboxylic acids is 3. The molecule has 30 heavy (non-hydrogen) atoms. The molecule has 0 saturated carbocycles. The van der Waals surface area contributed by atoms with Crippen molar-refractivity contribution in [2.75, 3.05) is 13.2 Å². The summed E-state index contributed by atoms with van der Waals surface area (Å²) in [4.78, 5) is 38.1. The van der Waals surface area contributed by atoms with Crippen LogP contribution < -0.4 is 5.32 Å². The minimum absolute atomic E-state index is 0.0144. The lowest BCUT2D eigenvalue weighted by molar-refractivity contribution is -0.153. The number of hydrogen-bond donors (Lipinski definition) is 1. The van der Waals surface area contributed by atoms with Crippen LogP contribution in [0.5, 0.6) is 0 Å². The van der Waals surface area contributed by atoms with Gasteiger partial charge in [-0.3, -0.25) is 14.4 Å². The lowest BCUT2D eigenvalue weighted by atomic mass is 10.2. The number of benzene rings is 2. The molecule has 0 saturated heterocycles. The third kappa shape index (κ3) is 7.87. The molecule has 1 N–H and O–H groups in total. The van der Waals surface area contributed by atoms with E-state index < -0.39 is 5.97 Å². The second-order valence-corrected chi connectivity index (χ2v) is 7.56. The standard InChI is InChI=1S/C23H27ClN2O4/c1-17(2)26(15-18-7-4-3-5-8-18)21(27)16-30-22(28)9-6-14-25-23(29)19-10-12-20(24)13-11-19/h3-5,7-8,10-13,17H,6,9,14-16H2,1-2H3,(H,25,29). The van der Waals surface area contributed by atoms with Gasteiger partial charge in [0, 0.05) is 36.1 Å². The van der Waals surface area contributed by atoms with E-state index in [4.69, 9.17) is 16.3 Å². The molecule has 160 valence electrons. The Balaban J connectivity index is 1.69. The molecule has 6 nitrogen and oxygen atoms in total. The molecule has 0 aromatic heterocycles. The molecule has 2 aromatic rings. The van der Waals surface area contributed by atoms with E-state index in [1.807, 2.05) is 44.2 Å². The molecule has 7 heteroatoms. The van der Waals surface area contributed by atoms with E-state index in [9.17, 15) is 14.4 Å². The smallest absolute Gasteiger partial charge is 0.306 e. The fraction of sp³-hybridized carbons (Fsp3) is 0.348. The number of hydrogen-bond acceptors (Lipinski definition) is 4. The number of rotatable bonds is 10. The summed E-state index contributed by atoms with van der Waals surface area (Å²) >= 11 is 5.80. The molecule has 0 aliphatic heterocycles. The number of ether oxygens (including phenoxy) is 1. The summed E-state index contributed by atoms with van der Waals surface area (Å²) in [5, 5.41) is 3.29. The van der Waals surface area contributed by atoms with Crippen molar-refractivity contribution in [3.63, 3.8) is 0 Å². The zero-order chi connectivity index (χ0) is 21.9. The van der Waals surface area contributed by atoms with E-state index in [0.29, 0.717) is 30.1 Å². The van der Waals surface area contributed by atoms with Crippen LogP contribution in [-0.2, 0) is 20.9 Å². The van der Waals surface area contributed by atoms with Gasteiger partial charge in [-0.1, -0.05) is 41.9 Å². The molecule has 2 rings (SSSR count). The van der Waals surface area contributed by atoms with Gasteiger partial charge in [0.1, 0.15) is 0 Å². The van der Waals surface area contributed by atoms with Gasteiger partial charge in [-0.25, -0.2) is 0 Å². The monoisotopic (exact) mass is 430 g/mol. The Hall–Kier alpha value is -2.86. The number of carbonyl (C=O) groups is 3. The van der Waals surface area contributed by atoms with Crippen LogP contribution in [0.4, 0.5) is 0 Å². The van der Waals surface area contributed by atoms with Gasteiger partial charge in [-0.2, -0.15) is 0 Å². The Labute approximate surface area is 182 Å². The lowest BCUT2D eigenvalue weighted by Crippen LogP contribution is -2.39. The summed E-state index contributed by atoms with van der Waals surface area (Å²) in [5.41, 5.74) is 1.52. The Kier molecular flexibility index (Phi) is 9.35. The summed E-state index contributed by atoms with van der Waals surface area (Å²) in [7, 11) is 0. The molecule has 2 aromatic carbocycles. The first kappa shape index (κ1) is 23.4. The molecule has 0 spiro atoms. The highest BCUT2D eigenvalue weighted by atomic mass is 35.5. The third-order valence-corrected chi connectivity index (χ3v) is 4.70. The first-order chi connectivity index (χ1) is 14.4. The van der Waals surface area contributed by atoms with Gasteiger partial charge >= 0.3 is 5.97 Å². The van der Waals surface area contributed by atoms with Crippen molar-refractivity contribution in [1.82, 2.24) is 10.2 Å². The first-order valence-electron chi connectivity index (χ1n) is 9.89. The Morgan fingerprint density at radius 3 is 2.33 bits per heavy atom. The second kappa shape index (κ2) is 12.0. The van der Waals surface area contributed by atoms with Gasteiger partial charge in [0.2, 0.25) is 0 Å². The highest BCUT2D eigenvalue weighted by Crippen LogP contribution is 2.10. The van der Waals surface area contributed by atoms with Gasteiger partial charge in [-0.05, 0) is 50.1 Å². The Morgan fingerprint density at radius 1 is 1.03 bits per heavy atom. The second-order valence-electron chi connectivity index (χ2n) is 7.13. The molecule has 0 aliphatic rings. The van der Waals surface area contributed by atoms with Crippen molar-refractivity contribution in [3.8, 4) is 0 Å². The number of esters is 1. The first-order valence-corrected chi connectivity index (χ1v) is 10.3. The van der Waals surface area contributed by atoms with E-state index in [-0.39, 0.29) is 30.9 Å². The zero-order valence-corrected chi connectivity index (χ0v) is 18.0. The molecule has 0 aliphatic carbocycles. The van der Waals surface area contributed by atoms with Gasteiger partial charge in [0.25, 0.3) is 11.8 Å². The summed E-state index contributed by atoms with van der Waals surface area (Å²) in [6.45, 7) is 4.35. The highest BCUT2D eigenvalue weighted by Gasteiger charge is 2.19. The molecule has 0 unspecified atom stereocenters. The summed E-state index contributed by atoms with van der Waals surface area (Å²) in [6, 6.07) is 16.2. The van der Waals surface area contributed by atoms with Gasteiger partial charge in [-0.15, -0.1) is 0 Å². The van der Waals surface area contributed by atoms with Crippen molar-refractivity contribution in [2.45, 2.75) is 39.3 Å². The Bertz CT molecular complexity index is 838. The largest absolute Gasteiger partial charge is 0.456 e. The molecule has 0 heterocycles. The molecule has 0 fully saturated rings. The number of nitrogens with one attached hydrogen (secondary N) is 1. The molecule has 0 atom stereocenters. The molecular weight excluding hydrogens is 404 g/mol. The number of halogens is 1. The highest BCUT2D eigenvalue weighted by molar-refractivity contribution is 6.30. The molecular formula is C23H27ClN2O4. The van der Waals surface area contributed by atoms with Crippen molar-refractivity contribution >= 4 is 29.4 Å². The average molecular weight is 431 g/mol. The van der Waals surface area contributed by atoms with E-state index in [1.165, 1.54) is 0 Å². The fourth-order valence-corrected chi connectivity index (χ4v) is 2.90. The van der Waals surface area contributed by atoms with Crippen LogP contribution in [0.15, 0.2) is 54.6 Å². The predicted octanol–water partition coefficient (Wildman–Crippen LogP) is 3.83. The number of nitrogens with zero attached hydrogens (tertiary/aromatic N) is 1. The van der Waals surface area contributed by atoms with E-state index >= 15 is 0 Å². The fourth-order valence-electron chi connectivity index (χ4n) is 2.77.